The van der Waals surface area contributed by atoms with E-state index in [1.165, 1.54) is 27.0 Å². The molecular formula is C15H19F3N2O3. The molecule has 0 bridgehead atoms. The number of likely N-dealkylation sites (N-methyl/N-ethyl adjacent to an activating group) is 1. The average molecular weight is 332 g/mol. The Hall–Kier alpha value is -1.93. The maximum absolute atomic E-state index is 12.3. The van der Waals surface area contributed by atoms with Gasteiger partial charge in [-0.25, -0.2) is 0 Å². The smallest absolute Gasteiger partial charge is 0.382 e. The van der Waals surface area contributed by atoms with Crippen molar-refractivity contribution >= 4 is 17.4 Å². The number of aliphatic hydroxyl groups is 1. The number of nitrogens with zero attached hydrogens (tertiary/aromatic N) is 1. The van der Waals surface area contributed by atoms with Crippen LogP contribution in [0.15, 0.2) is 24.3 Å². The lowest BCUT2D eigenvalue weighted by Gasteiger charge is -2.27. The Morgan fingerprint density at radius 3 is 2.48 bits per heavy atom. The number of hydrogen-bond donors (Lipinski definition) is 2. The summed E-state index contributed by atoms with van der Waals surface area (Å²) in [6.07, 6.45) is -7.26. The maximum Gasteiger partial charge on any atom is 0.415 e. The topological polar surface area (TPSA) is 69.6 Å². The lowest BCUT2D eigenvalue weighted by Crippen LogP contribution is -2.46. The fraction of sp³-hybridized carbons (Fsp3) is 0.467. The van der Waals surface area contributed by atoms with Crippen LogP contribution in [0.25, 0.3) is 0 Å². The van der Waals surface area contributed by atoms with Crippen LogP contribution in [0.2, 0.25) is 0 Å². The molecule has 128 valence electrons. The Morgan fingerprint density at radius 1 is 1.35 bits per heavy atom. The van der Waals surface area contributed by atoms with Gasteiger partial charge in [-0.2, -0.15) is 13.2 Å². The molecule has 0 aliphatic heterocycles. The molecule has 0 saturated heterocycles. The molecule has 8 heteroatoms. The highest BCUT2D eigenvalue weighted by atomic mass is 19.4. The van der Waals surface area contributed by atoms with Gasteiger partial charge in [0, 0.05) is 17.8 Å². The second kappa shape index (κ2) is 7.56. The van der Waals surface area contributed by atoms with Crippen LogP contribution in [0.5, 0.6) is 0 Å². The highest BCUT2D eigenvalue weighted by Gasteiger charge is 2.39. The first-order valence-electron chi connectivity index (χ1n) is 6.89. The normalized spacial score (nSPS) is 14.4. The van der Waals surface area contributed by atoms with Gasteiger partial charge in [0.15, 0.2) is 11.9 Å². The number of nitrogens with one attached hydrogen (secondary N) is 1. The Morgan fingerprint density at radius 2 is 1.96 bits per heavy atom. The number of carbonyl (C=O) groups is 2. The molecule has 2 N–H and O–H groups in total. The van der Waals surface area contributed by atoms with E-state index in [-0.39, 0.29) is 5.78 Å². The number of aliphatic hydroxyl groups excluding tert-OH is 1. The lowest BCUT2D eigenvalue weighted by atomic mass is 10.1. The molecule has 0 aromatic heterocycles. The lowest BCUT2D eigenvalue weighted by molar-refractivity contribution is -0.208. The molecule has 5 nitrogen and oxygen atoms in total. The number of benzene rings is 1. The Labute approximate surface area is 132 Å². The summed E-state index contributed by atoms with van der Waals surface area (Å²) in [5.41, 5.74) is 0.788. The first-order valence-corrected chi connectivity index (χ1v) is 6.89. The van der Waals surface area contributed by atoms with Gasteiger partial charge >= 0.3 is 6.18 Å². The summed E-state index contributed by atoms with van der Waals surface area (Å²) in [5.74, 6) is -0.706. The number of anilines is 1. The first kappa shape index (κ1) is 19.1. The third-order valence-electron chi connectivity index (χ3n) is 3.42. The predicted molar refractivity (Wildman–Crippen MR) is 79.2 cm³/mol. The molecule has 0 heterocycles. The third kappa shape index (κ3) is 5.65. The third-order valence-corrected chi connectivity index (χ3v) is 3.42. The Bertz CT molecular complexity index is 575. The first-order chi connectivity index (χ1) is 10.5. The maximum atomic E-state index is 12.3. The summed E-state index contributed by atoms with van der Waals surface area (Å²) in [6.45, 7) is 2.09. The molecule has 2 atom stereocenters. The molecule has 1 aromatic rings. The van der Waals surface area contributed by atoms with E-state index in [2.05, 4.69) is 5.32 Å². The molecular weight excluding hydrogens is 313 g/mol. The minimum Gasteiger partial charge on any atom is -0.382 e. The van der Waals surface area contributed by atoms with Crippen LogP contribution in [-0.2, 0) is 4.79 Å². The van der Waals surface area contributed by atoms with Gasteiger partial charge in [-0.15, -0.1) is 0 Å². The number of Topliss-reactive ketones (excluding diaryl/α,β-unsaturated/α-hetero) is 1. The van der Waals surface area contributed by atoms with Gasteiger partial charge in [0.25, 0.3) is 0 Å². The molecule has 1 aromatic carbocycles. The van der Waals surface area contributed by atoms with Gasteiger partial charge in [0.2, 0.25) is 5.91 Å². The van der Waals surface area contributed by atoms with E-state index >= 15 is 0 Å². The molecule has 0 radical (unpaired) electrons. The van der Waals surface area contributed by atoms with Gasteiger partial charge in [-0.1, -0.05) is 12.1 Å². The van der Waals surface area contributed by atoms with Crippen molar-refractivity contribution in [3.63, 3.8) is 0 Å². The van der Waals surface area contributed by atoms with E-state index in [1.54, 1.807) is 18.2 Å². The van der Waals surface area contributed by atoms with Crippen molar-refractivity contribution < 1.29 is 27.9 Å². The molecule has 0 fully saturated rings. The van der Waals surface area contributed by atoms with E-state index in [9.17, 15) is 22.8 Å². The van der Waals surface area contributed by atoms with Crippen LogP contribution < -0.4 is 5.32 Å². The summed E-state index contributed by atoms with van der Waals surface area (Å²) in [5, 5.41) is 11.6. The van der Waals surface area contributed by atoms with Crippen LogP contribution >= 0.6 is 0 Å². The SMILES string of the molecule is CC(=O)c1cccc(NC(=O)C(C)N(C)CC(O)C(F)(F)F)c1. The van der Waals surface area contributed by atoms with Crippen molar-refractivity contribution in [3.8, 4) is 0 Å². The number of alkyl halides is 3. The van der Waals surface area contributed by atoms with Crippen molar-refractivity contribution in [2.45, 2.75) is 32.2 Å². The van der Waals surface area contributed by atoms with Crippen molar-refractivity contribution in [1.82, 2.24) is 4.90 Å². The van der Waals surface area contributed by atoms with Crippen LogP contribution in [0.1, 0.15) is 24.2 Å². The Balaban J connectivity index is 2.70. The van der Waals surface area contributed by atoms with Crippen LogP contribution in [0.4, 0.5) is 18.9 Å². The highest BCUT2D eigenvalue weighted by molar-refractivity contribution is 5.98. The summed E-state index contributed by atoms with van der Waals surface area (Å²) < 4.78 is 37.0. The summed E-state index contributed by atoms with van der Waals surface area (Å²) in [4.78, 5) is 24.5. The number of carbonyl (C=O) groups excluding carboxylic acids is 2. The molecule has 23 heavy (non-hydrogen) atoms. The Kier molecular flexibility index (Phi) is 6.28. The minimum absolute atomic E-state index is 0.167. The summed E-state index contributed by atoms with van der Waals surface area (Å²) in [6, 6.07) is 5.34. The van der Waals surface area contributed by atoms with E-state index in [4.69, 9.17) is 5.11 Å². The number of amides is 1. The largest absolute Gasteiger partial charge is 0.415 e. The number of ketones is 1. The minimum atomic E-state index is -4.74. The fourth-order valence-corrected chi connectivity index (χ4v) is 1.80. The van der Waals surface area contributed by atoms with Gasteiger partial charge < -0.3 is 10.4 Å². The zero-order valence-electron chi connectivity index (χ0n) is 13.0. The van der Waals surface area contributed by atoms with Crippen molar-refractivity contribution in [2.75, 3.05) is 18.9 Å². The number of rotatable bonds is 6. The van der Waals surface area contributed by atoms with Crippen molar-refractivity contribution in [1.29, 1.82) is 0 Å². The second-order valence-corrected chi connectivity index (χ2v) is 5.30. The van der Waals surface area contributed by atoms with E-state index in [1.807, 2.05) is 0 Å². The standard InChI is InChI=1S/C15H19F3N2O3/c1-9(20(3)8-13(22)15(16,17)18)14(23)19-12-6-4-5-11(7-12)10(2)21/h4-7,9,13,22H,8H2,1-3H3,(H,19,23). The van der Waals surface area contributed by atoms with Crippen molar-refractivity contribution in [3.05, 3.63) is 29.8 Å². The molecule has 1 amide bonds. The van der Waals surface area contributed by atoms with E-state index in [0.29, 0.717) is 11.3 Å². The quantitative estimate of drug-likeness (QED) is 0.783. The number of halogens is 3. The van der Waals surface area contributed by atoms with Crippen LogP contribution in [0.3, 0.4) is 0 Å². The second-order valence-electron chi connectivity index (χ2n) is 5.30. The average Bonchev–Trinajstić information content (AvgIpc) is 2.45. The fourth-order valence-electron chi connectivity index (χ4n) is 1.80. The van der Waals surface area contributed by atoms with Gasteiger partial charge in [-0.3, -0.25) is 14.5 Å². The monoisotopic (exact) mass is 332 g/mol. The van der Waals surface area contributed by atoms with E-state index < -0.39 is 30.8 Å². The molecule has 0 aliphatic carbocycles. The summed E-state index contributed by atoms with van der Waals surface area (Å²) >= 11 is 0. The number of hydrogen-bond acceptors (Lipinski definition) is 4. The van der Waals surface area contributed by atoms with E-state index in [0.717, 1.165) is 4.90 Å². The van der Waals surface area contributed by atoms with Gasteiger partial charge in [0.05, 0.1) is 6.04 Å². The van der Waals surface area contributed by atoms with Gasteiger partial charge in [0.1, 0.15) is 0 Å². The molecule has 0 spiro atoms. The molecule has 1 rings (SSSR count). The molecule has 2 unspecified atom stereocenters. The van der Waals surface area contributed by atoms with Crippen LogP contribution in [-0.4, -0.2) is 53.6 Å². The van der Waals surface area contributed by atoms with Crippen LogP contribution in [0, 0.1) is 0 Å². The highest BCUT2D eigenvalue weighted by Crippen LogP contribution is 2.21. The predicted octanol–water partition coefficient (Wildman–Crippen LogP) is 2.07. The van der Waals surface area contributed by atoms with Gasteiger partial charge in [-0.05, 0) is 33.0 Å². The zero-order chi connectivity index (χ0) is 17.8. The summed E-state index contributed by atoms with van der Waals surface area (Å²) in [7, 11) is 1.31. The molecule has 0 saturated carbocycles. The zero-order valence-corrected chi connectivity index (χ0v) is 13.0. The molecule has 0 aliphatic rings. The van der Waals surface area contributed by atoms with Crippen molar-refractivity contribution in [2.24, 2.45) is 0 Å².